The van der Waals surface area contributed by atoms with Crippen molar-refractivity contribution in [1.29, 1.82) is 0 Å². The summed E-state index contributed by atoms with van der Waals surface area (Å²) in [5, 5.41) is 12.3. The first kappa shape index (κ1) is 13.1. The van der Waals surface area contributed by atoms with Crippen LogP contribution in [0.25, 0.3) is 0 Å². The molecule has 2 saturated heterocycles. The van der Waals surface area contributed by atoms with Gasteiger partial charge in [0.1, 0.15) is 0 Å². The van der Waals surface area contributed by atoms with Crippen LogP contribution in [0.1, 0.15) is 26.7 Å². The molecule has 3 atom stereocenters. The molecule has 2 rings (SSSR count). The van der Waals surface area contributed by atoms with E-state index >= 15 is 0 Å². The summed E-state index contributed by atoms with van der Waals surface area (Å²) >= 11 is 0. The molecule has 18 heavy (non-hydrogen) atoms. The van der Waals surface area contributed by atoms with E-state index in [0.29, 0.717) is 13.1 Å². The maximum absolute atomic E-state index is 12.3. The molecule has 6 heteroatoms. The van der Waals surface area contributed by atoms with E-state index in [1.165, 1.54) is 4.90 Å². The minimum Gasteiger partial charge on any atom is -0.465 e. The van der Waals surface area contributed by atoms with Crippen LogP contribution in [0.5, 0.6) is 0 Å². The molecule has 0 spiro atoms. The molecule has 0 aromatic carbocycles. The van der Waals surface area contributed by atoms with Crippen molar-refractivity contribution in [2.75, 3.05) is 19.6 Å². The number of nitrogens with zero attached hydrogens (tertiary/aromatic N) is 2. The van der Waals surface area contributed by atoms with Crippen molar-refractivity contribution in [2.24, 2.45) is 0 Å². The van der Waals surface area contributed by atoms with Crippen molar-refractivity contribution >= 4 is 12.0 Å². The van der Waals surface area contributed by atoms with Crippen LogP contribution in [0.4, 0.5) is 4.79 Å². The van der Waals surface area contributed by atoms with Gasteiger partial charge in [-0.2, -0.15) is 0 Å². The van der Waals surface area contributed by atoms with Gasteiger partial charge in [-0.1, -0.05) is 0 Å². The molecule has 0 aromatic rings. The molecule has 0 aliphatic carbocycles. The lowest BCUT2D eigenvalue weighted by atomic mass is 10.1. The number of nitrogens with one attached hydrogen (secondary N) is 1. The van der Waals surface area contributed by atoms with E-state index in [9.17, 15) is 9.59 Å². The number of carbonyl (C=O) groups excluding carboxylic acids is 1. The Morgan fingerprint density at radius 3 is 2.28 bits per heavy atom. The van der Waals surface area contributed by atoms with E-state index in [1.54, 1.807) is 4.90 Å². The average molecular weight is 255 g/mol. The molecular formula is C12H21N3O3. The molecule has 2 aliphatic rings. The number of piperazine rings is 1. The van der Waals surface area contributed by atoms with Crippen LogP contribution in [-0.4, -0.2) is 64.7 Å². The third-order valence-corrected chi connectivity index (χ3v) is 3.81. The van der Waals surface area contributed by atoms with Gasteiger partial charge in [0, 0.05) is 13.1 Å². The highest BCUT2D eigenvalue weighted by Crippen LogP contribution is 2.18. The lowest BCUT2D eigenvalue weighted by molar-refractivity contribution is -0.136. The molecule has 2 aliphatic heterocycles. The Morgan fingerprint density at radius 1 is 1.22 bits per heavy atom. The second-order valence-electron chi connectivity index (χ2n) is 5.28. The maximum Gasteiger partial charge on any atom is 0.407 e. The molecule has 2 fully saturated rings. The van der Waals surface area contributed by atoms with Gasteiger partial charge in [0.15, 0.2) is 0 Å². The van der Waals surface area contributed by atoms with Crippen molar-refractivity contribution in [3.8, 4) is 0 Å². The lowest BCUT2D eigenvalue weighted by Crippen LogP contribution is -2.61. The van der Waals surface area contributed by atoms with E-state index in [-0.39, 0.29) is 24.0 Å². The van der Waals surface area contributed by atoms with Gasteiger partial charge in [-0.3, -0.25) is 9.69 Å². The number of hydrogen-bond donors (Lipinski definition) is 2. The lowest BCUT2D eigenvalue weighted by Gasteiger charge is -2.43. The first-order chi connectivity index (χ1) is 8.50. The predicted octanol–water partition coefficient (Wildman–Crippen LogP) is 0.338. The Kier molecular flexibility index (Phi) is 3.75. The summed E-state index contributed by atoms with van der Waals surface area (Å²) in [6.45, 7) is 5.59. The molecule has 2 unspecified atom stereocenters. The van der Waals surface area contributed by atoms with Gasteiger partial charge in [-0.15, -0.1) is 0 Å². The first-order valence-electron chi connectivity index (χ1n) is 6.54. The topological polar surface area (TPSA) is 72.9 Å². The van der Waals surface area contributed by atoms with Gasteiger partial charge in [0.25, 0.3) is 0 Å². The molecule has 0 saturated carbocycles. The summed E-state index contributed by atoms with van der Waals surface area (Å²) < 4.78 is 0. The number of rotatable bonds is 1. The molecular weight excluding hydrogens is 234 g/mol. The number of carboxylic acid groups (broad SMARTS) is 1. The van der Waals surface area contributed by atoms with Gasteiger partial charge in [-0.25, -0.2) is 4.79 Å². The fourth-order valence-electron chi connectivity index (χ4n) is 3.00. The smallest absolute Gasteiger partial charge is 0.407 e. The van der Waals surface area contributed by atoms with Crippen LogP contribution >= 0.6 is 0 Å². The van der Waals surface area contributed by atoms with Gasteiger partial charge >= 0.3 is 6.09 Å². The Labute approximate surface area is 107 Å². The van der Waals surface area contributed by atoms with Gasteiger partial charge in [0.05, 0.1) is 18.1 Å². The second kappa shape index (κ2) is 5.14. The van der Waals surface area contributed by atoms with E-state index in [1.807, 2.05) is 13.8 Å². The Balaban J connectivity index is 2.00. The van der Waals surface area contributed by atoms with Crippen molar-refractivity contribution in [3.63, 3.8) is 0 Å². The fraction of sp³-hybridized carbons (Fsp3) is 0.833. The standard InChI is InChI=1S/C12H21N3O3/c1-8-6-14(7-9(2)15(8)12(17)18)11(16)10-4-3-5-13-10/h8-10,13H,3-7H2,1-2H3,(H,17,18)/t8?,9?,10-/m0/s1. The van der Waals surface area contributed by atoms with Gasteiger partial charge in [-0.05, 0) is 33.2 Å². The third-order valence-electron chi connectivity index (χ3n) is 3.81. The SMILES string of the molecule is CC1CN(C(=O)[C@@H]2CCCN2)CC(C)N1C(=O)O. The molecule has 0 aromatic heterocycles. The van der Waals surface area contributed by atoms with Crippen molar-refractivity contribution < 1.29 is 14.7 Å². The van der Waals surface area contributed by atoms with Crippen molar-refractivity contribution in [3.05, 3.63) is 0 Å². The van der Waals surface area contributed by atoms with E-state index < -0.39 is 6.09 Å². The van der Waals surface area contributed by atoms with Crippen LogP contribution < -0.4 is 5.32 Å². The van der Waals surface area contributed by atoms with Crippen LogP contribution in [0.3, 0.4) is 0 Å². The van der Waals surface area contributed by atoms with Crippen molar-refractivity contribution in [2.45, 2.75) is 44.8 Å². The molecule has 102 valence electrons. The Hall–Kier alpha value is -1.30. The van der Waals surface area contributed by atoms with E-state index in [4.69, 9.17) is 5.11 Å². The molecule has 0 radical (unpaired) electrons. The van der Waals surface area contributed by atoms with Crippen LogP contribution in [-0.2, 0) is 4.79 Å². The van der Waals surface area contributed by atoms with Gasteiger partial charge < -0.3 is 15.3 Å². The zero-order valence-corrected chi connectivity index (χ0v) is 10.9. The molecule has 0 bridgehead atoms. The normalized spacial score (nSPS) is 32.7. The monoisotopic (exact) mass is 255 g/mol. The average Bonchev–Trinajstić information content (AvgIpc) is 2.79. The van der Waals surface area contributed by atoms with Crippen molar-refractivity contribution in [1.82, 2.24) is 15.1 Å². The highest BCUT2D eigenvalue weighted by Gasteiger charge is 2.37. The summed E-state index contributed by atoms with van der Waals surface area (Å²) in [5.74, 6) is 0.122. The number of carbonyl (C=O) groups is 2. The fourth-order valence-corrected chi connectivity index (χ4v) is 3.00. The molecule has 2 heterocycles. The third kappa shape index (κ3) is 2.43. The second-order valence-corrected chi connectivity index (χ2v) is 5.28. The zero-order chi connectivity index (χ0) is 13.3. The quantitative estimate of drug-likeness (QED) is 0.708. The summed E-state index contributed by atoms with van der Waals surface area (Å²) in [6.07, 6.45) is 1.03. The Bertz CT molecular complexity index is 329. The summed E-state index contributed by atoms with van der Waals surface area (Å²) in [6, 6.07) is -0.353. The molecule has 2 amide bonds. The summed E-state index contributed by atoms with van der Waals surface area (Å²) in [4.78, 5) is 26.6. The number of hydrogen-bond acceptors (Lipinski definition) is 3. The van der Waals surface area contributed by atoms with Crippen LogP contribution in [0.2, 0.25) is 0 Å². The molecule has 2 N–H and O–H groups in total. The minimum atomic E-state index is -0.902. The molecule has 6 nitrogen and oxygen atoms in total. The van der Waals surface area contributed by atoms with E-state index in [2.05, 4.69) is 5.32 Å². The van der Waals surface area contributed by atoms with Crippen LogP contribution in [0, 0.1) is 0 Å². The summed E-state index contributed by atoms with van der Waals surface area (Å²) in [5.41, 5.74) is 0. The first-order valence-corrected chi connectivity index (χ1v) is 6.54. The van der Waals surface area contributed by atoms with Crippen LogP contribution in [0.15, 0.2) is 0 Å². The zero-order valence-electron chi connectivity index (χ0n) is 10.9. The number of amides is 2. The highest BCUT2D eigenvalue weighted by atomic mass is 16.4. The predicted molar refractivity (Wildman–Crippen MR) is 66.4 cm³/mol. The minimum absolute atomic E-state index is 0.0687. The largest absolute Gasteiger partial charge is 0.465 e. The van der Waals surface area contributed by atoms with E-state index in [0.717, 1.165) is 19.4 Å². The maximum atomic E-state index is 12.3. The Morgan fingerprint density at radius 2 is 1.83 bits per heavy atom. The van der Waals surface area contributed by atoms with Gasteiger partial charge in [0.2, 0.25) is 5.91 Å². The summed E-state index contributed by atoms with van der Waals surface area (Å²) in [7, 11) is 0. The highest BCUT2D eigenvalue weighted by molar-refractivity contribution is 5.82.